The summed E-state index contributed by atoms with van der Waals surface area (Å²) in [6, 6.07) is 40.8. The SMILES string of the molecule is CC(C)(C)c1cc2c3c(c1)C1(C)CCCCC1(C)C3c1cc(N(c3ccccc3)c3ccccc3)cc3c1B2c1cccc2c1C3C1(C)CCCCC21C. The molecule has 2 saturated carbocycles. The Kier molecular flexibility index (Phi) is 6.68. The summed E-state index contributed by atoms with van der Waals surface area (Å²) in [7, 11) is 0. The van der Waals surface area contributed by atoms with E-state index >= 15 is 0 Å². The smallest absolute Gasteiger partial charge is 0.242 e. The first kappa shape index (κ1) is 33.3. The molecule has 272 valence electrons. The molecular formula is C52H56BN. The van der Waals surface area contributed by atoms with Gasteiger partial charge in [-0.25, -0.2) is 0 Å². The molecule has 0 N–H and O–H groups in total. The van der Waals surface area contributed by atoms with Crippen LogP contribution in [-0.4, -0.2) is 6.71 Å². The normalized spacial score (nSPS) is 30.9. The molecule has 54 heavy (non-hydrogen) atoms. The minimum absolute atomic E-state index is 0.0790. The number of rotatable bonds is 3. The van der Waals surface area contributed by atoms with E-state index in [2.05, 4.69) is 156 Å². The molecule has 1 nitrogen and oxygen atoms in total. The number of nitrogens with zero attached hydrogens (tertiary/aromatic N) is 1. The summed E-state index contributed by atoms with van der Waals surface area (Å²) in [4.78, 5) is 2.57. The molecule has 2 fully saturated rings. The van der Waals surface area contributed by atoms with Crippen molar-refractivity contribution in [2.24, 2.45) is 10.8 Å². The summed E-state index contributed by atoms with van der Waals surface area (Å²) in [6.45, 7) is 18.3. The van der Waals surface area contributed by atoms with Gasteiger partial charge in [0.25, 0.3) is 0 Å². The maximum atomic E-state index is 2.72. The van der Waals surface area contributed by atoms with Crippen LogP contribution in [0.2, 0.25) is 0 Å². The molecule has 0 amide bonds. The van der Waals surface area contributed by atoms with E-state index in [0.29, 0.717) is 11.8 Å². The highest BCUT2D eigenvalue weighted by Crippen LogP contribution is 2.70. The van der Waals surface area contributed by atoms with Crippen LogP contribution in [0.4, 0.5) is 17.1 Å². The van der Waals surface area contributed by atoms with E-state index in [-0.39, 0.29) is 33.8 Å². The van der Waals surface area contributed by atoms with Crippen molar-refractivity contribution >= 4 is 40.2 Å². The Hall–Kier alpha value is -4.04. The fourth-order valence-corrected chi connectivity index (χ4v) is 14.0. The van der Waals surface area contributed by atoms with Gasteiger partial charge in [0.15, 0.2) is 0 Å². The van der Waals surface area contributed by atoms with Crippen molar-refractivity contribution in [2.75, 3.05) is 4.90 Å². The fourth-order valence-electron chi connectivity index (χ4n) is 14.0. The van der Waals surface area contributed by atoms with Crippen LogP contribution in [-0.2, 0) is 16.2 Å². The number of anilines is 3. The van der Waals surface area contributed by atoms with Gasteiger partial charge in [0.1, 0.15) is 0 Å². The standard InChI is InChI=1S/C52H56BN/c1-48(2,3)33-29-40-44-42(30-33)53-41-24-18-23-39-43(41)45(51(6)27-16-14-25-49(39,51)4)37-31-36(54(34-19-10-8-11-20-34)35-21-12-9-13-22-35)32-38(47(37)53)46(44)52(7)28-17-15-26-50(40,52)5/h8-13,18-24,29-32,45-46H,14-17,25-28H2,1-7H3. The average molecular weight is 706 g/mol. The van der Waals surface area contributed by atoms with Gasteiger partial charge < -0.3 is 4.90 Å². The molecule has 0 aromatic heterocycles. The van der Waals surface area contributed by atoms with Gasteiger partial charge in [-0.3, -0.25) is 0 Å². The second kappa shape index (κ2) is 10.8. The van der Waals surface area contributed by atoms with Crippen LogP contribution < -0.4 is 21.3 Å². The quantitative estimate of drug-likeness (QED) is 0.169. The number of hydrogen-bond donors (Lipinski definition) is 0. The average Bonchev–Trinajstić information content (AvgIpc) is 3.51. The second-order valence-corrected chi connectivity index (χ2v) is 20.3. The van der Waals surface area contributed by atoms with Gasteiger partial charge in [-0.2, -0.15) is 0 Å². The highest BCUT2D eigenvalue weighted by molar-refractivity contribution is 6.97. The maximum Gasteiger partial charge on any atom is 0.242 e. The molecular weight excluding hydrogens is 649 g/mol. The second-order valence-electron chi connectivity index (χ2n) is 20.3. The van der Waals surface area contributed by atoms with Crippen LogP contribution in [0.5, 0.6) is 0 Å². The van der Waals surface area contributed by atoms with Gasteiger partial charge in [0.05, 0.1) is 0 Å². The van der Waals surface area contributed by atoms with Crippen LogP contribution >= 0.6 is 0 Å². The third-order valence-corrected chi connectivity index (χ3v) is 17.1. The van der Waals surface area contributed by atoms with E-state index in [4.69, 9.17) is 0 Å². The molecule has 6 atom stereocenters. The fraction of sp³-hybridized carbons (Fsp3) is 0.423. The summed E-state index contributed by atoms with van der Waals surface area (Å²) >= 11 is 0. The number of fused-ring (bicyclic) bond motifs is 10. The van der Waals surface area contributed by atoms with Gasteiger partial charge in [-0.1, -0.05) is 157 Å². The van der Waals surface area contributed by atoms with E-state index in [9.17, 15) is 0 Å². The molecule has 4 aliphatic carbocycles. The van der Waals surface area contributed by atoms with E-state index in [1.165, 1.54) is 74.0 Å². The Morgan fingerprint density at radius 3 is 1.61 bits per heavy atom. The lowest BCUT2D eigenvalue weighted by atomic mass is 9.28. The van der Waals surface area contributed by atoms with Gasteiger partial charge in [0.2, 0.25) is 6.71 Å². The summed E-state index contributed by atoms with van der Waals surface area (Å²) < 4.78 is 0. The van der Waals surface area contributed by atoms with Crippen LogP contribution in [0.1, 0.15) is 151 Å². The Balaban J connectivity index is 1.30. The summed E-state index contributed by atoms with van der Waals surface area (Å²) in [5, 5.41) is 0. The van der Waals surface area contributed by atoms with Gasteiger partial charge in [-0.15, -0.1) is 0 Å². The predicted molar refractivity (Wildman–Crippen MR) is 229 cm³/mol. The molecule has 5 aromatic carbocycles. The third-order valence-electron chi connectivity index (χ3n) is 17.1. The van der Waals surface area contributed by atoms with Gasteiger partial charge >= 0.3 is 0 Å². The molecule has 2 heterocycles. The summed E-state index contributed by atoms with van der Waals surface area (Å²) in [5.74, 6) is 0.781. The topological polar surface area (TPSA) is 3.24 Å². The van der Waals surface area contributed by atoms with Crippen LogP contribution in [0.3, 0.4) is 0 Å². The van der Waals surface area contributed by atoms with E-state index in [1.807, 2.05) is 0 Å². The molecule has 0 saturated heterocycles. The number of hydrogen-bond acceptors (Lipinski definition) is 1. The molecule has 0 spiro atoms. The highest BCUT2D eigenvalue weighted by atomic mass is 15.1. The van der Waals surface area contributed by atoms with E-state index < -0.39 is 0 Å². The van der Waals surface area contributed by atoms with Gasteiger partial charge in [0, 0.05) is 28.9 Å². The van der Waals surface area contributed by atoms with Gasteiger partial charge in [-0.05, 0) is 128 Å². The molecule has 2 heteroatoms. The van der Waals surface area contributed by atoms with E-state index in [1.54, 1.807) is 49.8 Å². The van der Waals surface area contributed by atoms with Crippen molar-refractivity contribution < 1.29 is 0 Å². The van der Waals surface area contributed by atoms with Crippen molar-refractivity contribution in [3.05, 3.63) is 142 Å². The Bertz CT molecular complexity index is 2310. The molecule has 0 radical (unpaired) electrons. The first-order chi connectivity index (χ1) is 25.9. The van der Waals surface area contributed by atoms with Crippen molar-refractivity contribution in [1.29, 1.82) is 0 Å². The molecule has 2 aliphatic heterocycles. The first-order valence-corrected chi connectivity index (χ1v) is 21.3. The molecule has 11 rings (SSSR count). The largest absolute Gasteiger partial charge is 0.310 e. The Morgan fingerprint density at radius 1 is 0.537 bits per heavy atom. The number of para-hydroxylation sites is 2. The monoisotopic (exact) mass is 705 g/mol. The maximum absolute atomic E-state index is 2.72. The van der Waals surface area contributed by atoms with Crippen LogP contribution in [0.15, 0.2) is 103 Å². The van der Waals surface area contributed by atoms with Crippen molar-refractivity contribution in [3.8, 4) is 0 Å². The molecule has 6 aliphatic rings. The lowest BCUT2D eigenvalue weighted by molar-refractivity contribution is 0.0908. The zero-order valence-electron chi connectivity index (χ0n) is 33.7. The lowest BCUT2D eigenvalue weighted by Gasteiger charge is -2.52. The van der Waals surface area contributed by atoms with Crippen molar-refractivity contribution in [3.63, 3.8) is 0 Å². The number of benzene rings is 5. The highest BCUT2D eigenvalue weighted by Gasteiger charge is 2.65. The molecule has 6 unspecified atom stereocenters. The predicted octanol–water partition coefficient (Wildman–Crippen LogP) is 11.6. The van der Waals surface area contributed by atoms with E-state index in [0.717, 1.165) is 0 Å². The van der Waals surface area contributed by atoms with Crippen LogP contribution in [0.25, 0.3) is 0 Å². The zero-order valence-corrected chi connectivity index (χ0v) is 33.7. The zero-order chi connectivity index (χ0) is 37.0. The lowest BCUT2D eigenvalue weighted by Crippen LogP contribution is -2.63. The van der Waals surface area contributed by atoms with Crippen LogP contribution in [0, 0.1) is 10.8 Å². The Morgan fingerprint density at radius 2 is 1.06 bits per heavy atom. The minimum Gasteiger partial charge on any atom is -0.310 e. The van der Waals surface area contributed by atoms with Crippen molar-refractivity contribution in [2.45, 2.75) is 128 Å². The molecule has 0 bridgehead atoms. The Labute approximate surface area is 324 Å². The summed E-state index contributed by atoms with van der Waals surface area (Å²) in [5.41, 5.74) is 21.0. The summed E-state index contributed by atoms with van der Waals surface area (Å²) in [6.07, 6.45) is 10.5. The minimum atomic E-state index is 0.0790. The first-order valence-electron chi connectivity index (χ1n) is 21.3. The molecule has 5 aromatic rings. The third kappa shape index (κ3) is 3.94. The van der Waals surface area contributed by atoms with Crippen molar-refractivity contribution in [1.82, 2.24) is 0 Å².